The van der Waals surface area contributed by atoms with Gasteiger partial charge in [0.15, 0.2) is 0 Å². The number of carbonyl (C=O) groups is 1. The van der Waals surface area contributed by atoms with Crippen molar-refractivity contribution in [2.45, 2.75) is 6.54 Å². The van der Waals surface area contributed by atoms with Gasteiger partial charge in [-0.05, 0) is 18.2 Å². The molecule has 0 fully saturated rings. The average Bonchev–Trinajstić information content (AvgIpc) is 2.83. The second kappa shape index (κ2) is 5.84. The van der Waals surface area contributed by atoms with E-state index in [1.54, 1.807) is 18.2 Å². The molecule has 0 bridgehead atoms. The number of methoxy groups -OCH3 is 1. The number of hydrogen-bond donors (Lipinski definition) is 0. The number of ether oxygens (including phenoxy) is 1. The molecule has 0 aliphatic heterocycles. The molecule has 6 heteroatoms. The zero-order valence-electron chi connectivity index (χ0n) is 10.3. The van der Waals surface area contributed by atoms with Crippen molar-refractivity contribution in [1.29, 1.82) is 0 Å². The number of alkyl halides is 1. The lowest BCUT2D eigenvalue weighted by Gasteiger charge is -2.02. The molecule has 0 aliphatic carbocycles. The summed E-state index contributed by atoms with van der Waals surface area (Å²) in [5.74, 6) is -0.628. The summed E-state index contributed by atoms with van der Waals surface area (Å²) in [6.45, 7) is 0.348. The summed E-state index contributed by atoms with van der Waals surface area (Å²) in [6.07, 6.45) is 0. The van der Waals surface area contributed by atoms with Gasteiger partial charge in [-0.1, -0.05) is 12.1 Å². The van der Waals surface area contributed by atoms with Crippen LogP contribution in [0, 0.1) is 5.82 Å². The number of nitrogens with zero attached hydrogens (tertiary/aromatic N) is 2. The first kappa shape index (κ1) is 13.5. The van der Waals surface area contributed by atoms with E-state index in [-0.39, 0.29) is 5.69 Å². The molecule has 0 saturated carbocycles. The van der Waals surface area contributed by atoms with Gasteiger partial charge in [0.05, 0.1) is 19.3 Å². The molecular formula is C13H12ClFN2O2. The third-order valence-corrected chi connectivity index (χ3v) is 2.79. The lowest BCUT2D eigenvalue weighted by Crippen LogP contribution is -2.12. The van der Waals surface area contributed by atoms with Gasteiger partial charge in [-0.15, -0.1) is 11.6 Å². The molecule has 0 atom stereocenters. The number of hydrogen-bond acceptors (Lipinski definition) is 3. The Morgan fingerprint density at radius 3 is 2.84 bits per heavy atom. The molecule has 2 aromatic rings. The Morgan fingerprint density at radius 2 is 2.21 bits per heavy atom. The van der Waals surface area contributed by atoms with Crippen LogP contribution in [0.15, 0.2) is 30.3 Å². The molecule has 1 aromatic heterocycles. The smallest absolute Gasteiger partial charge is 0.356 e. The SMILES string of the molecule is COC(=O)c1cc(-c2ccccc2F)nn1CCCl. The maximum Gasteiger partial charge on any atom is 0.356 e. The normalized spacial score (nSPS) is 10.5. The van der Waals surface area contributed by atoms with E-state index in [1.165, 1.54) is 23.9 Å². The number of rotatable bonds is 4. The van der Waals surface area contributed by atoms with Crippen LogP contribution in [-0.2, 0) is 11.3 Å². The molecule has 4 nitrogen and oxygen atoms in total. The van der Waals surface area contributed by atoms with Crippen molar-refractivity contribution in [2.24, 2.45) is 0 Å². The Balaban J connectivity index is 2.48. The van der Waals surface area contributed by atoms with Crippen molar-refractivity contribution in [3.8, 4) is 11.3 Å². The van der Waals surface area contributed by atoms with Gasteiger partial charge in [0.2, 0.25) is 0 Å². The van der Waals surface area contributed by atoms with E-state index in [2.05, 4.69) is 9.84 Å². The number of carbonyl (C=O) groups excluding carboxylic acids is 1. The molecule has 1 aromatic carbocycles. The van der Waals surface area contributed by atoms with Crippen molar-refractivity contribution in [3.05, 3.63) is 41.8 Å². The summed E-state index contributed by atoms with van der Waals surface area (Å²) >= 11 is 5.66. The predicted octanol–water partition coefficient (Wildman–Crippen LogP) is 2.71. The molecular weight excluding hydrogens is 271 g/mol. The fourth-order valence-electron chi connectivity index (χ4n) is 1.74. The van der Waals surface area contributed by atoms with Crippen molar-refractivity contribution in [1.82, 2.24) is 9.78 Å². The van der Waals surface area contributed by atoms with Gasteiger partial charge in [-0.25, -0.2) is 9.18 Å². The van der Waals surface area contributed by atoms with Gasteiger partial charge in [0, 0.05) is 11.4 Å². The summed E-state index contributed by atoms with van der Waals surface area (Å²) < 4.78 is 19.8. The average molecular weight is 283 g/mol. The first-order chi connectivity index (χ1) is 9.17. The summed E-state index contributed by atoms with van der Waals surface area (Å²) in [5.41, 5.74) is 0.964. The van der Waals surface area contributed by atoms with Gasteiger partial charge < -0.3 is 4.74 Å². The Kier molecular flexibility index (Phi) is 4.16. The topological polar surface area (TPSA) is 44.1 Å². The fourth-order valence-corrected chi connectivity index (χ4v) is 1.90. The zero-order chi connectivity index (χ0) is 13.8. The highest BCUT2D eigenvalue weighted by Gasteiger charge is 2.17. The van der Waals surface area contributed by atoms with Crippen LogP contribution in [0.4, 0.5) is 4.39 Å². The van der Waals surface area contributed by atoms with Gasteiger partial charge in [0.1, 0.15) is 11.5 Å². The fraction of sp³-hybridized carbons (Fsp3) is 0.231. The van der Waals surface area contributed by atoms with Gasteiger partial charge in [-0.2, -0.15) is 5.10 Å². The summed E-state index contributed by atoms with van der Waals surface area (Å²) in [4.78, 5) is 11.6. The standard InChI is InChI=1S/C13H12ClFN2O2/c1-19-13(18)12-8-11(16-17(12)7-6-14)9-4-2-3-5-10(9)15/h2-5,8H,6-7H2,1H3. The lowest BCUT2D eigenvalue weighted by molar-refractivity contribution is 0.0587. The summed E-state index contributed by atoms with van der Waals surface area (Å²) in [5, 5.41) is 4.19. The molecule has 0 aliphatic rings. The molecule has 0 saturated heterocycles. The minimum absolute atomic E-state index is 0.251. The number of aryl methyl sites for hydroxylation is 1. The minimum atomic E-state index is -0.528. The van der Waals surface area contributed by atoms with Crippen LogP contribution in [0.1, 0.15) is 10.5 Å². The van der Waals surface area contributed by atoms with Crippen LogP contribution >= 0.6 is 11.6 Å². The van der Waals surface area contributed by atoms with Gasteiger partial charge in [0.25, 0.3) is 0 Å². The largest absolute Gasteiger partial charge is 0.464 e. The van der Waals surface area contributed by atoms with Crippen LogP contribution in [0.2, 0.25) is 0 Å². The van der Waals surface area contributed by atoms with Gasteiger partial charge in [-0.3, -0.25) is 4.68 Å². The quantitative estimate of drug-likeness (QED) is 0.640. The molecule has 100 valence electrons. The third-order valence-electron chi connectivity index (χ3n) is 2.62. The maximum absolute atomic E-state index is 13.7. The summed E-state index contributed by atoms with van der Waals surface area (Å²) in [6, 6.07) is 7.74. The molecule has 0 unspecified atom stereocenters. The van der Waals surface area contributed by atoms with Gasteiger partial charge >= 0.3 is 5.97 Å². The van der Waals surface area contributed by atoms with Crippen molar-refractivity contribution < 1.29 is 13.9 Å². The Hall–Kier alpha value is -1.88. The van der Waals surface area contributed by atoms with Crippen molar-refractivity contribution >= 4 is 17.6 Å². The monoisotopic (exact) mass is 282 g/mol. The van der Waals surface area contributed by atoms with E-state index in [9.17, 15) is 9.18 Å². The third kappa shape index (κ3) is 2.76. The second-order valence-corrected chi connectivity index (χ2v) is 4.18. The van der Waals surface area contributed by atoms with Crippen LogP contribution in [-0.4, -0.2) is 28.7 Å². The first-order valence-electron chi connectivity index (χ1n) is 5.64. The maximum atomic E-state index is 13.7. The van der Waals surface area contributed by atoms with Crippen LogP contribution in [0.3, 0.4) is 0 Å². The van der Waals surface area contributed by atoms with E-state index in [0.717, 1.165) is 0 Å². The molecule has 2 rings (SSSR count). The highest BCUT2D eigenvalue weighted by atomic mass is 35.5. The van der Waals surface area contributed by atoms with Crippen LogP contribution in [0.25, 0.3) is 11.3 Å². The van der Waals surface area contributed by atoms with E-state index in [4.69, 9.17) is 11.6 Å². The number of halogens is 2. The predicted molar refractivity (Wildman–Crippen MR) is 69.7 cm³/mol. The lowest BCUT2D eigenvalue weighted by atomic mass is 10.1. The number of benzene rings is 1. The van der Waals surface area contributed by atoms with Crippen molar-refractivity contribution in [2.75, 3.05) is 13.0 Å². The Bertz CT molecular complexity index is 598. The van der Waals surface area contributed by atoms with E-state index in [0.29, 0.717) is 23.7 Å². The first-order valence-corrected chi connectivity index (χ1v) is 6.18. The summed E-state index contributed by atoms with van der Waals surface area (Å²) in [7, 11) is 1.28. The number of aromatic nitrogens is 2. The van der Waals surface area contributed by atoms with Crippen LogP contribution in [0.5, 0.6) is 0 Å². The second-order valence-electron chi connectivity index (χ2n) is 3.80. The van der Waals surface area contributed by atoms with E-state index >= 15 is 0 Å². The van der Waals surface area contributed by atoms with Crippen LogP contribution < -0.4 is 0 Å². The highest BCUT2D eigenvalue weighted by Crippen LogP contribution is 2.22. The van der Waals surface area contributed by atoms with Crippen molar-refractivity contribution in [3.63, 3.8) is 0 Å². The van der Waals surface area contributed by atoms with E-state index in [1.807, 2.05) is 0 Å². The molecule has 19 heavy (non-hydrogen) atoms. The number of esters is 1. The highest BCUT2D eigenvalue weighted by molar-refractivity contribution is 6.17. The Morgan fingerprint density at radius 1 is 1.47 bits per heavy atom. The Labute approximate surface area is 114 Å². The molecule has 0 radical (unpaired) electrons. The molecule has 1 heterocycles. The zero-order valence-corrected chi connectivity index (χ0v) is 11.0. The van der Waals surface area contributed by atoms with E-state index < -0.39 is 11.8 Å². The molecule has 0 N–H and O–H groups in total. The minimum Gasteiger partial charge on any atom is -0.464 e. The molecule has 0 amide bonds. The molecule has 0 spiro atoms.